The van der Waals surface area contributed by atoms with Crippen molar-refractivity contribution in [2.45, 2.75) is 25.5 Å². The molecule has 6 heteroatoms. The molecular formula is C7H14ClNO3S. The zero-order chi connectivity index (χ0) is 10.1. The van der Waals surface area contributed by atoms with Crippen molar-refractivity contribution >= 4 is 21.6 Å². The van der Waals surface area contributed by atoms with Gasteiger partial charge >= 0.3 is 0 Å². The number of sulfonamides is 1. The number of halogens is 1. The third-order valence-electron chi connectivity index (χ3n) is 2.19. The van der Waals surface area contributed by atoms with Crippen molar-refractivity contribution in [3.63, 3.8) is 0 Å². The Hall–Kier alpha value is 0.160. The van der Waals surface area contributed by atoms with E-state index < -0.39 is 16.1 Å². The van der Waals surface area contributed by atoms with E-state index in [0.29, 0.717) is 6.42 Å². The number of rotatable bonds is 3. The molecule has 1 N–H and O–H groups in total. The van der Waals surface area contributed by atoms with Gasteiger partial charge in [-0.2, -0.15) is 4.31 Å². The van der Waals surface area contributed by atoms with E-state index in [1.165, 1.54) is 4.31 Å². The van der Waals surface area contributed by atoms with Crippen LogP contribution in [-0.4, -0.2) is 48.2 Å². The van der Waals surface area contributed by atoms with E-state index in [4.69, 9.17) is 11.6 Å². The quantitative estimate of drug-likeness (QED) is 0.692. The van der Waals surface area contributed by atoms with Crippen molar-refractivity contribution in [1.29, 1.82) is 0 Å². The molecule has 0 amide bonds. The molecule has 0 aromatic rings. The molecule has 0 spiro atoms. The maximum absolute atomic E-state index is 11.5. The van der Waals surface area contributed by atoms with Gasteiger partial charge in [0.2, 0.25) is 10.0 Å². The Balaban J connectivity index is 2.72. The molecule has 1 saturated heterocycles. The van der Waals surface area contributed by atoms with Gasteiger partial charge in [0.25, 0.3) is 0 Å². The minimum atomic E-state index is -3.25. The average Bonchev–Trinajstić information content (AvgIpc) is 2.30. The molecule has 1 rings (SSSR count). The maximum atomic E-state index is 11.5. The molecular weight excluding hydrogens is 214 g/mol. The first-order valence-electron chi connectivity index (χ1n) is 4.21. The molecule has 1 fully saturated rings. The van der Waals surface area contributed by atoms with E-state index in [-0.39, 0.29) is 24.2 Å². The molecule has 2 unspecified atom stereocenters. The highest BCUT2D eigenvalue weighted by molar-refractivity contribution is 7.89. The normalized spacial score (nSPS) is 31.0. The van der Waals surface area contributed by atoms with E-state index in [1.807, 2.05) is 0 Å². The number of alkyl halides is 1. The molecule has 0 saturated carbocycles. The summed E-state index contributed by atoms with van der Waals surface area (Å²) >= 11 is 5.38. The number of hydrogen-bond acceptors (Lipinski definition) is 3. The van der Waals surface area contributed by atoms with Crippen LogP contribution in [0.1, 0.15) is 13.3 Å². The van der Waals surface area contributed by atoms with E-state index in [2.05, 4.69) is 0 Å². The average molecular weight is 228 g/mol. The van der Waals surface area contributed by atoms with E-state index in [0.717, 1.165) is 0 Å². The Labute approximate surface area is 83.5 Å². The van der Waals surface area contributed by atoms with Gasteiger partial charge in [-0.15, -0.1) is 11.6 Å². The fourth-order valence-corrected chi connectivity index (χ4v) is 3.62. The molecule has 13 heavy (non-hydrogen) atoms. The number of aliphatic hydroxyl groups excluding tert-OH is 1. The molecule has 1 heterocycles. The number of hydrogen-bond donors (Lipinski definition) is 1. The van der Waals surface area contributed by atoms with Gasteiger partial charge in [-0.1, -0.05) is 0 Å². The van der Waals surface area contributed by atoms with Crippen molar-refractivity contribution in [3.8, 4) is 0 Å². The smallest absolute Gasteiger partial charge is 0.215 e. The van der Waals surface area contributed by atoms with Gasteiger partial charge in [0.05, 0.1) is 11.9 Å². The third-order valence-corrected chi connectivity index (χ3v) is 4.54. The van der Waals surface area contributed by atoms with Crippen molar-refractivity contribution < 1.29 is 13.5 Å². The summed E-state index contributed by atoms with van der Waals surface area (Å²) in [5.41, 5.74) is 0. The van der Waals surface area contributed by atoms with Crippen LogP contribution in [0.15, 0.2) is 0 Å². The molecule has 1 aliphatic rings. The Morgan fingerprint density at radius 1 is 1.62 bits per heavy atom. The zero-order valence-electron chi connectivity index (χ0n) is 7.48. The van der Waals surface area contributed by atoms with Crippen LogP contribution >= 0.6 is 11.6 Å². The molecule has 1 aliphatic heterocycles. The Morgan fingerprint density at radius 3 is 2.62 bits per heavy atom. The standard InChI is InChI=1S/C7H14ClNO3S/c1-6-4-7(10)5-9(6)13(11,12)3-2-8/h6-7,10H,2-5H2,1H3. The lowest BCUT2D eigenvalue weighted by Gasteiger charge is -2.19. The number of β-amino-alcohol motifs (C(OH)–C–C–N with tert-alkyl or cyclic N) is 1. The summed E-state index contributed by atoms with van der Waals surface area (Å²) in [6, 6.07) is -0.108. The highest BCUT2D eigenvalue weighted by Gasteiger charge is 2.35. The first-order valence-corrected chi connectivity index (χ1v) is 6.35. The molecule has 78 valence electrons. The maximum Gasteiger partial charge on any atom is 0.215 e. The Kier molecular flexibility index (Phi) is 3.57. The molecule has 2 atom stereocenters. The van der Waals surface area contributed by atoms with E-state index in [1.54, 1.807) is 6.92 Å². The van der Waals surface area contributed by atoms with Crippen LogP contribution in [0.4, 0.5) is 0 Å². The largest absolute Gasteiger partial charge is 0.392 e. The van der Waals surface area contributed by atoms with Crippen LogP contribution in [0, 0.1) is 0 Å². The van der Waals surface area contributed by atoms with E-state index in [9.17, 15) is 13.5 Å². The minimum absolute atomic E-state index is 0.0500. The second kappa shape index (κ2) is 4.13. The predicted octanol–water partition coefficient (Wildman–Crippen LogP) is 0.0101. The summed E-state index contributed by atoms with van der Waals surface area (Å²) in [6.45, 7) is 2.00. The summed E-state index contributed by atoms with van der Waals surface area (Å²) < 4.78 is 24.4. The second-order valence-electron chi connectivity index (χ2n) is 3.31. The topological polar surface area (TPSA) is 57.6 Å². The number of nitrogens with zero attached hydrogens (tertiary/aromatic N) is 1. The van der Waals surface area contributed by atoms with E-state index >= 15 is 0 Å². The summed E-state index contributed by atoms with van der Waals surface area (Å²) in [5.74, 6) is 0.0489. The monoisotopic (exact) mass is 227 g/mol. The van der Waals surface area contributed by atoms with Gasteiger partial charge in [-0.25, -0.2) is 8.42 Å². The summed E-state index contributed by atoms with van der Waals surface area (Å²) in [7, 11) is -3.25. The van der Waals surface area contributed by atoms with Gasteiger partial charge < -0.3 is 5.11 Å². The highest BCUT2D eigenvalue weighted by Crippen LogP contribution is 2.21. The third kappa shape index (κ3) is 2.56. The first kappa shape index (κ1) is 11.2. The minimum Gasteiger partial charge on any atom is -0.392 e. The Bertz CT molecular complexity index is 267. The molecule has 0 bridgehead atoms. The summed E-state index contributed by atoms with van der Waals surface area (Å²) in [6.07, 6.45) is -0.0123. The van der Waals surface area contributed by atoms with Crippen LogP contribution < -0.4 is 0 Å². The lowest BCUT2D eigenvalue weighted by Crippen LogP contribution is -2.36. The highest BCUT2D eigenvalue weighted by atomic mass is 35.5. The predicted molar refractivity (Wildman–Crippen MR) is 51.3 cm³/mol. The number of aliphatic hydroxyl groups is 1. The van der Waals surface area contributed by atoms with Gasteiger partial charge in [0, 0.05) is 18.5 Å². The fraction of sp³-hybridized carbons (Fsp3) is 1.00. The molecule has 0 aromatic heterocycles. The van der Waals surface area contributed by atoms with Crippen LogP contribution in [0.25, 0.3) is 0 Å². The molecule has 0 aromatic carbocycles. The summed E-state index contributed by atoms with van der Waals surface area (Å²) in [4.78, 5) is 0. The second-order valence-corrected chi connectivity index (χ2v) is 5.73. The van der Waals surface area contributed by atoms with Gasteiger partial charge in [-0.3, -0.25) is 0 Å². The van der Waals surface area contributed by atoms with Gasteiger partial charge in [0.1, 0.15) is 0 Å². The molecule has 0 radical (unpaired) electrons. The molecule has 0 aliphatic carbocycles. The van der Waals surface area contributed by atoms with Gasteiger partial charge in [-0.05, 0) is 13.3 Å². The van der Waals surface area contributed by atoms with Crippen molar-refractivity contribution in [2.24, 2.45) is 0 Å². The van der Waals surface area contributed by atoms with Crippen LogP contribution in [0.2, 0.25) is 0 Å². The fourth-order valence-electron chi connectivity index (χ4n) is 1.58. The zero-order valence-corrected chi connectivity index (χ0v) is 9.05. The molecule has 4 nitrogen and oxygen atoms in total. The van der Waals surface area contributed by atoms with Crippen LogP contribution in [-0.2, 0) is 10.0 Å². The van der Waals surface area contributed by atoms with Crippen LogP contribution in [0.3, 0.4) is 0 Å². The van der Waals surface area contributed by atoms with Crippen molar-refractivity contribution in [2.75, 3.05) is 18.2 Å². The first-order chi connectivity index (χ1) is 5.97. The lowest BCUT2D eigenvalue weighted by atomic mass is 10.2. The van der Waals surface area contributed by atoms with Crippen LogP contribution in [0.5, 0.6) is 0 Å². The summed E-state index contributed by atoms with van der Waals surface area (Å²) in [5, 5.41) is 9.26. The van der Waals surface area contributed by atoms with Gasteiger partial charge in [0.15, 0.2) is 0 Å². The van der Waals surface area contributed by atoms with Crippen molar-refractivity contribution in [1.82, 2.24) is 4.31 Å². The van der Waals surface area contributed by atoms with Crippen molar-refractivity contribution in [3.05, 3.63) is 0 Å². The SMILES string of the molecule is CC1CC(O)CN1S(=O)(=O)CCCl. The lowest BCUT2D eigenvalue weighted by molar-refractivity contribution is 0.189. The Morgan fingerprint density at radius 2 is 2.23 bits per heavy atom.